The third kappa shape index (κ3) is 3.64. The highest BCUT2D eigenvalue weighted by Crippen LogP contribution is 2.27. The lowest BCUT2D eigenvalue weighted by molar-refractivity contribution is -0.274. The molecular formula is C15H14F3N3O2. The molecule has 0 unspecified atom stereocenters. The molecule has 0 saturated heterocycles. The molecule has 122 valence electrons. The van der Waals surface area contributed by atoms with E-state index in [-0.39, 0.29) is 18.1 Å². The van der Waals surface area contributed by atoms with Gasteiger partial charge in [0.1, 0.15) is 5.75 Å². The molecule has 0 spiro atoms. The van der Waals surface area contributed by atoms with E-state index in [9.17, 15) is 18.0 Å². The summed E-state index contributed by atoms with van der Waals surface area (Å²) >= 11 is 0. The van der Waals surface area contributed by atoms with E-state index < -0.39 is 6.36 Å². The third-order valence-electron chi connectivity index (χ3n) is 3.58. The van der Waals surface area contributed by atoms with Crippen LogP contribution in [0.4, 0.5) is 18.9 Å². The molecule has 0 saturated carbocycles. The number of anilines is 1. The van der Waals surface area contributed by atoms with Crippen LogP contribution in [0.15, 0.2) is 30.5 Å². The van der Waals surface area contributed by atoms with Crippen molar-refractivity contribution in [1.29, 1.82) is 0 Å². The Hall–Kier alpha value is -2.51. The van der Waals surface area contributed by atoms with Crippen molar-refractivity contribution in [2.24, 2.45) is 0 Å². The fraction of sp³-hybridized carbons (Fsp3) is 0.333. The van der Waals surface area contributed by atoms with Crippen LogP contribution in [0.25, 0.3) is 0 Å². The van der Waals surface area contributed by atoms with E-state index in [0.29, 0.717) is 12.1 Å². The summed E-state index contributed by atoms with van der Waals surface area (Å²) in [4.78, 5) is 14.1. The maximum Gasteiger partial charge on any atom is 0.573 e. The number of ether oxygens (including phenoxy) is 1. The number of carbonyl (C=O) groups excluding carboxylic acids is 1. The number of aromatic amines is 1. The average Bonchev–Trinajstić information content (AvgIpc) is 2.93. The monoisotopic (exact) mass is 325 g/mol. The van der Waals surface area contributed by atoms with Crippen molar-refractivity contribution in [3.63, 3.8) is 0 Å². The predicted octanol–water partition coefficient (Wildman–Crippen LogP) is 2.83. The second kappa shape index (κ2) is 5.94. The summed E-state index contributed by atoms with van der Waals surface area (Å²) < 4.78 is 40.6. The number of alkyl halides is 3. The van der Waals surface area contributed by atoms with Crippen LogP contribution in [0.3, 0.4) is 0 Å². The normalized spacial score (nSPS) is 14.5. The number of aryl methyl sites for hydroxylation is 1. The number of rotatable bonds is 3. The average molecular weight is 325 g/mol. The second-order valence-electron chi connectivity index (χ2n) is 5.25. The number of amides is 1. The Bertz CT molecular complexity index is 712. The standard InChI is InChI=1S/C15H14F3N3O2/c16-15(17,18)23-11-4-1-3-10(7-11)8-14(22)21-6-2-5-12-13(21)9-19-20-12/h1,3-4,7,9H,2,5-6,8H2,(H,19,20). The largest absolute Gasteiger partial charge is 0.573 e. The van der Waals surface area contributed by atoms with Crippen LogP contribution in [0.5, 0.6) is 5.75 Å². The van der Waals surface area contributed by atoms with E-state index >= 15 is 0 Å². The van der Waals surface area contributed by atoms with Gasteiger partial charge in [0.25, 0.3) is 0 Å². The minimum atomic E-state index is -4.75. The van der Waals surface area contributed by atoms with Crippen molar-refractivity contribution in [1.82, 2.24) is 10.2 Å². The van der Waals surface area contributed by atoms with E-state index in [4.69, 9.17) is 0 Å². The first kappa shape index (κ1) is 15.4. The van der Waals surface area contributed by atoms with Gasteiger partial charge in [-0.2, -0.15) is 5.10 Å². The molecular weight excluding hydrogens is 311 g/mol. The van der Waals surface area contributed by atoms with Crippen LogP contribution in [0.1, 0.15) is 17.7 Å². The van der Waals surface area contributed by atoms with Crippen LogP contribution >= 0.6 is 0 Å². The van der Waals surface area contributed by atoms with E-state index in [0.717, 1.165) is 24.2 Å². The Balaban J connectivity index is 1.73. The lowest BCUT2D eigenvalue weighted by atomic mass is 10.1. The summed E-state index contributed by atoms with van der Waals surface area (Å²) in [5.41, 5.74) is 2.11. The molecule has 2 aromatic rings. The van der Waals surface area contributed by atoms with Crippen LogP contribution in [-0.2, 0) is 17.6 Å². The maximum atomic E-state index is 12.4. The van der Waals surface area contributed by atoms with Gasteiger partial charge >= 0.3 is 6.36 Å². The number of fused-ring (bicyclic) bond motifs is 1. The van der Waals surface area contributed by atoms with Gasteiger partial charge in [0.05, 0.1) is 24.0 Å². The summed E-state index contributed by atoms with van der Waals surface area (Å²) in [6.07, 6.45) is -1.51. The zero-order chi connectivity index (χ0) is 16.4. The fourth-order valence-corrected chi connectivity index (χ4v) is 2.64. The molecule has 0 bridgehead atoms. The van der Waals surface area contributed by atoms with Crippen LogP contribution in [0.2, 0.25) is 0 Å². The summed E-state index contributed by atoms with van der Waals surface area (Å²) in [5.74, 6) is -0.512. The van der Waals surface area contributed by atoms with E-state index in [1.807, 2.05) is 0 Å². The molecule has 1 aromatic carbocycles. The number of nitrogens with one attached hydrogen (secondary N) is 1. The van der Waals surface area contributed by atoms with Gasteiger partial charge in [-0.05, 0) is 30.5 Å². The minimum Gasteiger partial charge on any atom is -0.406 e. The molecule has 0 fully saturated rings. The van der Waals surface area contributed by atoms with Gasteiger partial charge in [0.15, 0.2) is 0 Å². The predicted molar refractivity (Wildman–Crippen MR) is 76.1 cm³/mol. The molecule has 1 amide bonds. The smallest absolute Gasteiger partial charge is 0.406 e. The quantitative estimate of drug-likeness (QED) is 0.944. The number of hydrogen-bond acceptors (Lipinski definition) is 3. The van der Waals surface area contributed by atoms with Crippen LogP contribution in [0, 0.1) is 0 Å². The highest BCUT2D eigenvalue weighted by Gasteiger charge is 2.31. The molecule has 8 heteroatoms. The molecule has 5 nitrogen and oxygen atoms in total. The zero-order valence-corrected chi connectivity index (χ0v) is 12.1. The van der Waals surface area contributed by atoms with Gasteiger partial charge in [0.2, 0.25) is 5.91 Å². The lowest BCUT2D eigenvalue weighted by Gasteiger charge is -2.26. The highest BCUT2D eigenvalue weighted by atomic mass is 19.4. The number of aromatic nitrogens is 2. The molecule has 1 aliphatic rings. The number of H-pyrrole nitrogens is 1. The number of benzene rings is 1. The summed E-state index contributed by atoms with van der Waals surface area (Å²) in [6.45, 7) is 0.574. The van der Waals surface area contributed by atoms with Gasteiger partial charge in [-0.3, -0.25) is 9.89 Å². The number of hydrogen-bond donors (Lipinski definition) is 1. The van der Waals surface area contributed by atoms with Crippen molar-refractivity contribution in [3.8, 4) is 5.75 Å². The summed E-state index contributed by atoms with van der Waals surface area (Å²) in [6, 6.07) is 5.46. The maximum absolute atomic E-state index is 12.4. The van der Waals surface area contributed by atoms with E-state index in [1.54, 1.807) is 17.2 Å². The minimum absolute atomic E-state index is 0.000320. The summed E-state index contributed by atoms with van der Waals surface area (Å²) in [5, 5.41) is 6.79. The van der Waals surface area contributed by atoms with Crippen molar-refractivity contribution in [2.45, 2.75) is 25.6 Å². The number of nitrogens with zero attached hydrogens (tertiary/aromatic N) is 2. The molecule has 0 atom stereocenters. The second-order valence-corrected chi connectivity index (χ2v) is 5.25. The molecule has 2 heterocycles. The van der Waals surface area contributed by atoms with Crippen molar-refractivity contribution in [3.05, 3.63) is 41.7 Å². The Morgan fingerprint density at radius 2 is 2.22 bits per heavy atom. The van der Waals surface area contributed by atoms with Crippen molar-refractivity contribution < 1.29 is 22.7 Å². The first-order chi connectivity index (χ1) is 10.9. The van der Waals surface area contributed by atoms with Gasteiger partial charge < -0.3 is 9.64 Å². The lowest BCUT2D eigenvalue weighted by Crippen LogP contribution is -2.36. The van der Waals surface area contributed by atoms with Gasteiger partial charge in [-0.1, -0.05) is 12.1 Å². The first-order valence-electron chi connectivity index (χ1n) is 7.10. The van der Waals surface area contributed by atoms with Crippen LogP contribution < -0.4 is 9.64 Å². The Morgan fingerprint density at radius 3 is 3.00 bits per heavy atom. The van der Waals surface area contributed by atoms with Gasteiger partial charge in [0, 0.05) is 6.54 Å². The molecule has 1 aliphatic heterocycles. The highest BCUT2D eigenvalue weighted by molar-refractivity contribution is 5.95. The Morgan fingerprint density at radius 1 is 1.39 bits per heavy atom. The zero-order valence-electron chi connectivity index (χ0n) is 12.1. The Labute approximate surface area is 130 Å². The molecule has 1 N–H and O–H groups in total. The molecule has 3 rings (SSSR count). The third-order valence-corrected chi connectivity index (χ3v) is 3.58. The SMILES string of the molecule is O=C(Cc1cccc(OC(F)(F)F)c1)N1CCCc2[nH]ncc21. The topological polar surface area (TPSA) is 58.2 Å². The van der Waals surface area contributed by atoms with Gasteiger partial charge in [-0.25, -0.2) is 0 Å². The fourth-order valence-electron chi connectivity index (χ4n) is 2.64. The van der Waals surface area contributed by atoms with Crippen LogP contribution in [-0.4, -0.2) is 29.0 Å². The first-order valence-corrected chi connectivity index (χ1v) is 7.10. The molecule has 0 radical (unpaired) electrons. The molecule has 1 aromatic heterocycles. The number of halogens is 3. The van der Waals surface area contributed by atoms with Crippen molar-refractivity contribution >= 4 is 11.6 Å². The van der Waals surface area contributed by atoms with E-state index in [2.05, 4.69) is 14.9 Å². The molecule has 0 aliphatic carbocycles. The van der Waals surface area contributed by atoms with Gasteiger partial charge in [-0.15, -0.1) is 13.2 Å². The van der Waals surface area contributed by atoms with E-state index in [1.165, 1.54) is 18.2 Å². The molecule has 23 heavy (non-hydrogen) atoms. The Kier molecular flexibility index (Phi) is 3.97. The number of carbonyl (C=O) groups is 1. The van der Waals surface area contributed by atoms with Crippen molar-refractivity contribution in [2.75, 3.05) is 11.4 Å². The summed E-state index contributed by atoms with van der Waals surface area (Å²) in [7, 11) is 0.